The minimum absolute atomic E-state index is 0.0395. The van der Waals surface area contributed by atoms with Crippen LogP contribution in [0.2, 0.25) is 0 Å². The molecule has 4 saturated carbocycles. The first-order valence-corrected chi connectivity index (χ1v) is 14.5. The lowest BCUT2D eigenvalue weighted by Crippen LogP contribution is -2.56. The van der Waals surface area contributed by atoms with Crippen LogP contribution < -0.4 is 10.2 Å². The highest BCUT2D eigenvalue weighted by atomic mass is 19.1. The number of piperazine rings is 1. The van der Waals surface area contributed by atoms with Gasteiger partial charge in [0.25, 0.3) is 5.91 Å². The third-order valence-electron chi connectivity index (χ3n) is 9.80. The summed E-state index contributed by atoms with van der Waals surface area (Å²) in [5.41, 5.74) is 2.90. The lowest BCUT2D eigenvalue weighted by Gasteiger charge is -2.57. The number of para-hydroxylation sites is 1. The number of nitrogens with zero attached hydrogens (tertiary/aromatic N) is 2. The molecule has 4 aliphatic carbocycles. The fourth-order valence-electron chi connectivity index (χ4n) is 8.25. The second kappa shape index (κ2) is 10.0. The van der Waals surface area contributed by atoms with Crippen LogP contribution in [0.1, 0.15) is 68.3 Å². The van der Waals surface area contributed by atoms with Crippen molar-refractivity contribution in [3.05, 3.63) is 65.5 Å². The van der Waals surface area contributed by atoms with Gasteiger partial charge in [0.15, 0.2) is 0 Å². The molecule has 2 aromatic carbocycles. The number of hydrogen-bond acceptors (Lipinski definition) is 3. The largest absolute Gasteiger partial charge is 0.366 e. The maximum absolute atomic E-state index is 14.2. The molecule has 2 amide bonds. The Morgan fingerprint density at radius 2 is 1.45 bits per heavy atom. The molecule has 0 radical (unpaired) electrons. The molecular formula is C32H40FN3O2. The SMILES string of the molecule is CC(C)C(NC(=O)c1ccc(C23CC4CC(CC(C4)C2)C3)cc1)C(=O)N1CCN(c2ccccc2F)CC1. The summed E-state index contributed by atoms with van der Waals surface area (Å²) in [4.78, 5) is 30.5. The normalized spacial score (nSPS) is 29.0. The number of amides is 2. The number of rotatable bonds is 6. The van der Waals surface area contributed by atoms with Crippen LogP contribution >= 0.6 is 0 Å². The summed E-state index contributed by atoms with van der Waals surface area (Å²) in [6, 6.07) is 14.4. The van der Waals surface area contributed by atoms with Crippen LogP contribution in [-0.4, -0.2) is 48.9 Å². The number of hydrogen-bond donors (Lipinski definition) is 1. The summed E-state index contributed by atoms with van der Waals surface area (Å²) in [6.45, 7) is 6.08. The molecule has 4 bridgehead atoms. The maximum atomic E-state index is 14.2. The van der Waals surface area contributed by atoms with Gasteiger partial charge in [0.05, 0.1) is 5.69 Å². The van der Waals surface area contributed by atoms with Crippen LogP contribution in [0, 0.1) is 29.5 Å². The van der Waals surface area contributed by atoms with Gasteiger partial charge in [-0.05, 0) is 97.4 Å². The average molecular weight is 518 g/mol. The highest BCUT2D eigenvalue weighted by molar-refractivity contribution is 5.97. The molecule has 5 aliphatic rings. The van der Waals surface area contributed by atoms with E-state index in [4.69, 9.17) is 0 Å². The summed E-state index contributed by atoms with van der Waals surface area (Å²) in [6.07, 6.45) is 8.17. The second-order valence-electron chi connectivity index (χ2n) is 12.7. The number of nitrogens with one attached hydrogen (secondary N) is 1. The van der Waals surface area contributed by atoms with Gasteiger partial charge in [-0.2, -0.15) is 0 Å². The predicted octanol–water partition coefficient (Wildman–Crippen LogP) is 5.40. The van der Waals surface area contributed by atoms with Crippen LogP contribution in [-0.2, 0) is 10.2 Å². The smallest absolute Gasteiger partial charge is 0.251 e. The Hall–Kier alpha value is -2.89. The van der Waals surface area contributed by atoms with Gasteiger partial charge in [0.2, 0.25) is 5.91 Å². The molecule has 1 N–H and O–H groups in total. The Bertz CT molecular complexity index is 1150. The van der Waals surface area contributed by atoms with Crippen molar-refractivity contribution >= 4 is 17.5 Å². The number of carbonyl (C=O) groups excluding carboxylic acids is 2. The highest BCUT2D eigenvalue weighted by Crippen LogP contribution is 2.60. The van der Waals surface area contributed by atoms with Crippen LogP contribution in [0.15, 0.2) is 48.5 Å². The molecule has 1 saturated heterocycles. The molecule has 6 heteroatoms. The Kier molecular flexibility index (Phi) is 6.69. The maximum Gasteiger partial charge on any atom is 0.251 e. The number of benzene rings is 2. The van der Waals surface area contributed by atoms with Crippen molar-refractivity contribution in [2.45, 2.75) is 63.8 Å². The lowest BCUT2D eigenvalue weighted by atomic mass is 9.48. The number of carbonyl (C=O) groups is 2. The zero-order chi connectivity index (χ0) is 26.4. The Morgan fingerprint density at radius 1 is 0.868 bits per heavy atom. The van der Waals surface area contributed by atoms with Crippen LogP contribution in [0.25, 0.3) is 0 Å². The molecule has 0 spiro atoms. The number of anilines is 1. The van der Waals surface area contributed by atoms with Crippen molar-refractivity contribution in [1.82, 2.24) is 10.2 Å². The van der Waals surface area contributed by atoms with Crippen LogP contribution in [0.3, 0.4) is 0 Å². The van der Waals surface area contributed by atoms with Gasteiger partial charge < -0.3 is 15.1 Å². The fourth-order valence-corrected chi connectivity index (χ4v) is 8.25. The van der Waals surface area contributed by atoms with Crippen molar-refractivity contribution < 1.29 is 14.0 Å². The fraction of sp³-hybridized carbons (Fsp3) is 0.562. The Morgan fingerprint density at radius 3 is 2.00 bits per heavy atom. The van der Waals surface area contributed by atoms with Gasteiger partial charge in [-0.15, -0.1) is 0 Å². The van der Waals surface area contributed by atoms with E-state index in [1.807, 2.05) is 36.9 Å². The van der Waals surface area contributed by atoms with Crippen LogP contribution in [0.5, 0.6) is 0 Å². The molecule has 1 heterocycles. The topological polar surface area (TPSA) is 52.7 Å². The lowest BCUT2D eigenvalue weighted by molar-refractivity contribution is -0.134. The van der Waals surface area contributed by atoms with Crippen molar-refractivity contribution in [1.29, 1.82) is 0 Å². The zero-order valence-corrected chi connectivity index (χ0v) is 22.7. The summed E-state index contributed by atoms with van der Waals surface area (Å²) >= 11 is 0. The predicted molar refractivity (Wildman–Crippen MR) is 148 cm³/mol. The Balaban J connectivity index is 1.09. The summed E-state index contributed by atoms with van der Waals surface area (Å²) < 4.78 is 14.2. The van der Waals surface area contributed by atoms with Crippen molar-refractivity contribution in [3.63, 3.8) is 0 Å². The quantitative estimate of drug-likeness (QED) is 0.559. The van der Waals surface area contributed by atoms with Gasteiger partial charge in [-0.3, -0.25) is 9.59 Å². The van der Waals surface area contributed by atoms with E-state index in [1.54, 1.807) is 17.0 Å². The highest BCUT2D eigenvalue weighted by Gasteiger charge is 2.51. The third kappa shape index (κ3) is 4.71. The first kappa shape index (κ1) is 25.4. The Labute approximate surface area is 225 Å². The van der Waals surface area contributed by atoms with Crippen molar-refractivity contribution in [2.24, 2.45) is 23.7 Å². The van der Waals surface area contributed by atoms with E-state index >= 15 is 0 Å². The van der Waals surface area contributed by atoms with Gasteiger partial charge in [-0.1, -0.05) is 38.1 Å². The minimum Gasteiger partial charge on any atom is -0.366 e. The zero-order valence-electron chi connectivity index (χ0n) is 22.7. The molecule has 1 atom stereocenters. The molecule has 1 aliphatic heterocycles. The molecule has 1 unspecified atom stereocenters. The van der Waals surface area contributed by atoms with Crippen LogP contribution in [0.4, 0.5) is 10.1 Å². The average Bonchev–Trinajstić information content (AvgIpc) is 2.91. The molecule has 7 rings (SSSR count). The summed E-state index contributed by atoms with van der Waals surface area (Å²) in [5.74, 6) is 2.11. The van der Waals surface area contributed by atoms with Gasteiger partial charge in [-0.25, -0.2) is 4.39 Å². The molecule has 202 valence electrons. The first-order chi connectivity index (χ1) is 18.3. The summed E-state index contributed by atoms with van der Waals surface area (Å²) in [5, 5.41) is 3.03. The molecule has 5 nitrogen and oxygen atoms in total. The van der Waals surface area contributed by atoms with E-state index in [-0.39, 0.29) is 23.5 Å². The molecule has 0 aromatic heterocycles. The molecule has 5 fully saturated rings. The first-order valence-electron chi connectivity index (χ1n) is 14.5. The van der Waals surface area contributed by atoms with Gasteiger partial charge >= 0.3 is 0 Å². The van der Waals surface area contributed by atoms with E-state index in [0.717, 1.165) is 17.8 Å². The van der Waals surface area contributed by atoms with Crippen molar-refractivity contribution in [3.8, 4) is 0 Å². The van der Waals surface area contributed by atoms with E-state index in [1.165, 1.54) is 50.2 Å². The summed E-state index contributed by atoms with van der Waals surface area (Å²) in [7, 11) is 0. The molecular weight excluding hydrogens is 477 g/mol. The minimum atomic E-state index is -0.592. The molecule has 38 heavy (non-hydrogen) atoms. The standard InChI is InChI=1S/C32H40FN3O2/c1-21(2)29(31(38)36-13-11-35(12-14-36)28-6-4-3-5-27(28)33)34-30(37)25-7-9-26(10-8-25)32-18-22-15-23(19-32)17-24(16-22)20-32/h3-10,21-24,29H,11-20H2,1-2H3,(H,34,37). The van der Waals surface area contributed by atoms with Gasteiger partial charge in [0, 0.05) is 31.7 Å². The monoisotopic (exact) mass is 517 g/mol. The third-order valence-corrected chi connectivity index (χ3v) is 9.80. The second-order valence-corrected chi connectivity index (χ2v) is 12.7. The molecule has 2 aromatic rings. The number of halogens is 1. The van der Waals surface area contributed by atoms with E-state index < -0.39 is 6.04 Å². The van der Waals surface area contributed by atoms with E-state index in [2.05, 4.69) is 17.4 Å². The van der Waals surface area contributed by atoms with E-state index in [9.17, 15) is 14.0 Å². The van der Waals surface area contributed by atoms with Crippen molar-refractivity contribution in [2.75, 3.05) is 31.1 Å². The van der Waals surface area contributed by atoms with Gasteiger partial charge in [0.1, 0.15) is 11.9 Å². The van der Waals surface area contributed by atoms with E-state index in [0.29, 0.717) is 42.8 Å².